The largest absolute Gasteiger partial charge is 0.361 e. The monoisotopic (exact) mass is 320 g/mol. The molecule has 5 N–H and O–H groups in total. The molecule has 0 spiro atoms. The molecule has 128 valence electrons. The van der Waals surface area contributed by atoms with Crippen molar-refractivity contribution >= 4 is 11.8 Å². The zero-order valence-electron chi connectivity index (χ0n) is 14.3. The number of primary amides is 1. The minimum Gasteiger partial charge on any atom is -0.361 e. The quantitative estimate of drug-likeness (QED) is 0.827. The average molecular weight is 320 g/mol. The van der Waals surface area contributed by atoms with Gasteiger partial charge < -0.3 is 21.7 Å². The van der Waals surface area contributed by atoms with E-state index in [1.54, 1.807) is 4.90 Å². The molecule has 1 aliphatic heterocycles. The van der Waals surface area contributed by atoms with Crippen LogP contribution in [0.2, 0.25) is 0 Å². The maximum Gasteiger partial charge on any atom is 0.312 e. The summed E-state index contributed by atoms with van der Waals surface area (Å²) in [6.45, 7) is 3.53. The van der Waals surface area contributed by atoms with Crippen LogP contribution in [0.3, 0.4) is 0 Å². The van der Waals surface area contributed by atoms with Crippen molar-refractivity contribution in [1.29, 1.82) is 0 Å². The second-order valence-electron chi connectivity index (χ2n) is 6.50. The summed E-state index contributed by atoms with van der Waals surface area (Å²) in [6.07, 6.45) is 1.91. The molecule has 2 amide bonds. The topological polar surface area (TPSA) is 102 Å². The van der Waals surface area contributed by atoms with Crippen molar-refractivity contribution < 1.29 is 9.59 Å². The first kappa shape index (κ1) is 19.1. The van der Waals surface area contributed by atoms with Gasteiger partial charge in [-0.1, -0.05) is 31.2 Å². The predicted molar refractivity (Wildman–Crippen MR) is 90.9 cm³/mol. The Morgan fingerprint density at radius 1 is 1.30 bits per heavy atom. The number of nitrogens with zero attached hydrogens (tertiary/aromatic N) is 2. The molecule has 0 unspecified atom stereocenters. The number of likely N-dealkylation sites (tertiary alicyclic amines) is 1. The Labute approximate surface area is 138 Å². The molecule has 1 aromatic rings. The van der Waals surface area contributed by atoms with Crippen LogP contribution >= 0.6 is 0 Å². The van der Waals surface area contributed by atoms with E-state index >= 15 is 0 Å². The van der Waals surface area contributed by atoms with Gasteiger partial charge in [-0.2, -0.15) is 0 Å². The Balaban J connectivity index is 0.00000264. The van der Waals surface area contributed by atoms with E-state index in [0.717, 1.165) is 24.9 Å². The smallest absolute Gasteiger partial charge is 0.312 e. The molecule has 0 saturated carbocycles. The highest BCUT2D eigenvalue weighted by molar-refractivity contribution is 6.34. The summed E-state index contributed by atoms with van der Waals surface area (Å²) in [4.78, 5) is 27.2. The highest BCUT2D eigenvalue weighted by Crippen LogP contribution is 2.33. The van der Waals surface area contributed by atoms with Gasteiger partial charge in [-0.25, -0.2) is 0 Å². The molecule has 0 bridgehead atoms. The molecule has 1 fully saturated rings. The van der Waals surface area contributed by atoms with Crippen LogP contribution in [0.1, 0.15) is 36.9 Å². The van der Waals surface area contributed by atoms with E-state index in [9.17, 15) is 9.59 Å². The van der Waals surface area contributed by atoms with E-state index in [2.05, 4.69) is 24.0 Å². The average Bonchev–Trinajstić information content (AvgIpc) is 2.45. The molecule has 1 saturated heterocycles. The van der Waals surface area contributed by atoms with Gasteiger partial charge in [0.2, 0.25) is 0 Å². The molecule has 1 aliphatic rings. The predicted octanol–water partition coefficient (Wildman–Crippen LogP) is 1.70. The second-order valence-corrected chi connectivity index (χ2v) is 6.50. The molecule has 2 rings (SSSR count). The van der Waals surface area contributed by atoms with E-state index in [4.69, 9.17) is 5.73 Å². The number of carbonyl (C=O) groups is 2. The van der Waals surface area contributed by atoms with Gasteiger partial charge >= 0.3 is 11.8 Å². The van der Waals surface area contributed by atoms with Crippen molar-refractivity contribution in [3.63, 3.8) is 0 Å². The summed E-state index contributed by atoms with van der Waals surface area (Å²) in [5, 5.41) is 0. The molecular weight excluding hydrogens is 292 g/mol. The summed E-state index contributed by atoms with van der Waals surface area (Å²) < 4.78 is 0. The number of hydrogen-bond acceptors (Lipinski definition) is 4. The lowest BCUT2D eigenvalue weighted by Gasteiger charge is -2.38. The van der Waals surface area contributed by atoms with Gasteiger partial charge in [0.15, 0.2) is 0 Å². The Morgan fingerprint density at radius 2 is 2.00 bits per heavy atom. The summed E-state index contributed by atoms with van der Waals surface area (Å²) in [7, 11) is 4.05. The van der Waals surface area contributed by atoms with Crippen molar-refractivity contribution in [1.82, 2.24) is 16.0 Å². The maximum absolute atomic E-state index is 12.1. The van der Waals surface area contributed by atoms with Crippen molar-refractivity contribution in [2.24, 2.45) is 11.7 Å². The summed E-state index contributed by atoms with van der Waals surface area (Å²) >= 11 is 0. The molecule has 23 heavy (non-hydrogen) atoms. The second kappa shape index (κ2) is 8.08. The molecule has 0 aliphatic carbocycles. The first-order valence-corrected chi connectivity index (χ1v) is 7.72. The van der Waals surface area contributed by atoms with Crippen LogP contribution in [0.15, 0.2) is 24.3 Å². The lowest BCUT2D eigenvalue weighted by molar-refractivity contribution is -0.147. The van der Waals surface area contributed by atoms with E-state index < -0.39 is 11.8 Å². The number of carbonyl (C=O) groups excluding carboxylic acids is 2. The fourth-order valence-corrected chi connectivity index (χ4v) is 3.13. The van der Waals surface area contributed by atoms with Gasteiger partial charge in [0.1, 0.15) is 0 Å². The summed E-state index contributed by atoms with van der Waals surface area (Å²) in [5.74, 6) is -1.05. The number of piperidine rings is 1. The first-order valence-electron chi connectivity index (χ1n) is 7.72. The maximum atomic E-state index is 12.1. The third kappa shape index (κ3) is 4.77. The van der Waals surface area contributed by atoms with Crippen LogP contribution in [0.4, 0.5) is 0 Å². The van der Waals surface area contributed by atoms with Crippen molar-refractivity contribution in [3.05, 3.63) is 35.4 Å². The highest BCUT2D eigenvalue weighted by atomic mass is 16.2. The van der Waals surface area contributed by atoms with E-state index in [-0.39, 0.29) is 12.2 Å². The fraction of sp³-hybridized carbons (Fsp3) is 0.529. The Morgan fingerprint density at radius 3 is 2.61 bits per heavy atom. The molecule has 0 aromatic heterocycles. The Bertz CT molecular complexity index is 559. The number of benzene rings is 1. The molecule has 1 heterocycles. The number of hydrogen-bond donors (Lipinski definition) is 2. The van der Waals surface area contributed by atoms with Gasteiger partial charge in [0.05, 0.1) is 6.04 Å². The molecule has 2 atom stereocenters. The van der Waals surface area contributed by atoms with E-state index in [1.165, 1.54) is 5.56 Å². The lowest BCUT2D eigenvalue weighted by Crippen LogP contribution is -2.46. The van der Waals surface area contributed by atoms with Gasteiger partial charge in [0, 0.05) is 13.1 Å². The standard InChI is InChI=1S/C17H25N3O2.H3N/c1-12-7-8-15(20(10-12)17(22)16(18)21)14-6-4-5-13(9-14)11-19(2)3;/h4-6,9,12,15H,7-8,10-11H2,1-3H3,(H2,18,21);1H3/t12-,15+;/m0./s1. The fourth-order valence-electron chi connectivity index (χ4n) is 3.13. The normalized spacial score (nSPS) is 21.0. The number of rotatable bonds is 3. The zero-order valence-corrected chi connectivity index (χ0v) is 14.3. The van der Waals surface area contributed by atoms with Crippen LogP contribution in [-0.2, 0) is 16.1 Å². The van der Waals surface area contributed by atoms with Gasteiger partial charge in [0.25, 0.3) is 0 Å². The van der Waals surface area contributed by atoms with Gasteiger partial charge in [-0.3, -0.25) is 9.59 Å². The molecule has 0 radical (unpaired) electrons. The lowest BCUT2D eigenvalue weighted by atomic mass is 9.89. The molecule has 6 nitrogen and oxygen atoms in total. The van der Waals surface area contributed by atoms with Crippen LogP contribution < -0.4 is 11.9 Å². The molecule has 1 aromatic carbocycles. The third-order valence-electron chi connectivity index (χ3n) is 4.12. The summed E-state index contributed by atoms with van der Waals surface area (Å²) in [6, 6.07) is 8.19. The number of nitrogens with two attached hydrogens (primary N) is 1. The van der Waals surface area contributed by atoms with Crippen molar-refractivity contribution in [2.45, 2.75) is 32.4 Å². The number of amides is 2. The minimum atomic E-state index is -0.872. The van der Waals surface area contributed by atoms with Crippen LogP contribution in [-0.4, -0.2) is 42.3 Å². The highest BCUT2D eigenvalue weighted by Gasteiger charge is 2.33. The van der Waals surface area contributed by atoms with Gasteiger partial charge in [-0.05, 0) is 44.0 Å². The SMILES string of the molecule is C[C@H]1CC[C@H](c2cccc(CN(C)C)c2)N(C(=O)C(N)=O)C1.N. The Hall–Kier alpha value is -1.92. The van der Waals surface area contributed by atoms with Crippen LogP contribution in [0.5, 0.6) is 0 Å². The van der Waals surface area contributed by atoms with Crippen LogP contribution in [0.25, 0.3) is 0 Å². The minimum absolute atomic E-state index is 0. The molecule has 6 heteroatoms. The first-order chi connectivity index (χ1) is 10.4. The Kier molecular flexibility index (Phi) is 6.72. The van der Waals surface area contributed by atoms with Crippen molar-refractivity contribution in [3.8, 4) is 0 Å². The van der Waals surface area contributed by atoms with E-state index in [1.807, 2.05) is 26.2 Å². The summed E-state index contributed by atoms with van der Waals surface area (Å²) in [5.41, 5.74) is 7.50. The third-order valence-corrected chi connectivity index (χ3v) is 4.12. The van der Waals surface area contributed by atoms with Crippen molar-refractivity contribution in [2.75, 3.05) is 20.6 Å². The van der Waals surface area contributed by atoms with Crippen LogP contribution in [0, 0.1) is 5.92 Å². The van der Waals surface area contributed by atoms with Gasteiger partial charge in [-0.15, -0.1) is 0 Å². The van der Waals surface area contributed by atoms with E-state index in [0.29, 0.717) is 12.5 Å². The molecular formula is C17H28N4O2. The zero-order chi connectivity index (χ0) is 16.3.